The minimum atomic E-state index is -0.272. The van der Waals surface area contributed by atoms with Gasteiger partial charge in [-0.05, 0) is 63.1 Å². The van der Waals surface area contributed by atoms with Crippen LogP contribution in [0.1, 0.15) is 18.1 Å². The molecule has 0 saturated carbocycles. The van der Waals surface area contributed by atoms with Gasteiger partial charge in [-0.1, -0.05) is 0 Å². The average Bonchev–Trinajstić information content (AvgIpc) is 2.22. The monoisotopic (exact) mass is 393 g/mol. The van der Waals surface area contributed by atoms with E-state index in [9.17, 15) is 4.79 Å². The number of rotatable bonds is 3. The molecule has 0 aliphatic heterocycles. The predicted molar refractivity (Wildman–Crippen MR) is 71.9 cm³/mol. The molecule has 1 rings (SSSR count). The van der Waals surface area contributed by atoms with Crippen LogP contribution in [0.25, 0.3) is 0 Å². The van der Waals surface area contributed by atoms with Crippen LogP contribution in [-0.4, -0.2) is 12.6 Å². The first-order valence-corrected chi connectivity index (χ1v) is 6.49. The van der Waals surface area contributed by atoms with Gasteiger partial charge in [0.2, 0.25) is 0 Å². The summed E-state index contributed by atoms with van der Waals surface area (Å²) in [6.45, 7) is 2.14. The molecule has 0 radical (unpaired) electrons. The number of nitriles is 1. The molecule has 0 amide bonds. The molecule has 0 heterocycles. The minimum absolute atomic E-state index is 0.202. The van der Waals surface area contributed by atoms with Gasteiger partial charge in [0.1, 0.15) is 6.07 Å². The summed E-state index contributed by atoms with van der Waals surface area (Å²) in [6, 6.07) is 5.60. The van der Waals surface area contributed by atoms with Crippen LogP contribution in [0.3, 0.4) is 0 Å². The van der Waals surface area contributed by atoms with Crippen molar-refractivity contribution in [3.63, 3.8) is 0 Å². The maximum absolute atomic E-state index is 11.3. The number of ether oxygens (including phenoxy) is 1. The van der Waals surface area contributed by atoms with Gasteiger partial charge in [-0.2, -0.15) is 5.26 Å². The van der Waals surface area contributed by atoms with E-state index >= 15 is 0 Å². The summed E-state index contributed by atoms with van der Waals surface area (Å²) in [6.07, 6.45) is 0.202. The predicted octanol–water partition coefficient (Wildman–Crippen LogP) is 3.03. The Balaban J connectivity index is 2.97. The highest BCUT2D eigenvalue weighted by atomic mass is 127. The van der Waals surface area contributed by atoms with Gasteiger partial charge < -0.3 is 4.74 Å². The summed E-state index contributed by atoms with van der Waals surface area (Å²) >= 11 is 5.43. The summed E-state index contributed by atoms with van der Waals surface area (Å²) in [5, 5.41) is 8.87. The van der Waals surface area contributed by atoms with Crippen molar-refractivity contribution >= 4 is 44.5 Å². The van der Waals surface area contributed by atoms with Gasteiger partial charge >= 0.3 is 5.97 Å². The molecule has 0 atom stereocenters. The van der Waals surface area contributed by atoms with Crippen molar-refractivity contribution in [2.75, 3.05) is 6.61 Å². The van der Waals surface area contributed by atoms with Crippen LogP contribution >= 0.6 is 38.5 Å². The number of hydrogen-bond donors (Lipinski definition) is 0. The lowest BCUT2D eigenvalue weighted by Crippen LogP contribution is -2.08. The standard InChI is InChI=1S/C11H9BrINO2/c1-2-16-11(15)4-7-3-8(6-14)9(12)5-10(7)13/h3,5H,2,4H2,1H3. The maximum atomic E-state index is 11.3. The minimum Gasteiger partial charge on any atom is -0.466 e. The SMILES string of the molecule is CCOC(=O)Cc1cc(C#N)c(Br)cc1I. The molecule has 0 bridgehead atoms. The van der Waals surface area contributed by atoms with E-state index in [4.69, 9.17) is 10.00 Å². The summed E-state index contributed by atoms with van der Waals surface area (Å²) in [4.78, 5) is 11.3. The smallest absolute Gasteiger partial charge is 0.310 e. The number of carbonyl (C=O) groups excluding carboxylic acids is 1. The second kappa shape index (κ2) is 6.21. The van der Waals surface area contributed by atoms with Crippen LogP contribution in [0.5, 0.6) is 0 Å². The number of benzene rings is 1. The molecule has 0 saturated heterocycles. The fourth-order valence-electron chi connectivity index (χ4n) is 1.18. The number of hydrogen-bond acceptors (Lipinski definition) is 3. The molecule has 1 aromatic rings. The van der Waals surface area contributed by atoms with Crippen LogP contribution in [-0.2, 0) is 16.0 Å². The molecular weight excluding hydrogens is 385 g/mol. The quantitative estimate of drug-likeness (QED) is 0.585. The Morgan fingerprint density at radius 2 is 2.31 bits per heavy atom. The molecule has 0 unspecified atom stereocenters. The Morgan fingerprint density at radius 3 is 2.88 bits per heavy atom. The van der Waals surface area contributed by atoms with Crippen LogP contribution < -0.4 is 0 Å². The van der Waals surface area contributed by atoms with Crippen LogP contribution in [0.4, 0.5) is 0 Å². The van der Waals surface area contributed by atoms with E-state index in [1.807, 2.05) is 6.07 Å². The zero-order valence-corrected chi connectivity index (χ0v) is 12.3. The number of esters is 1. The Bertz CT molecular complexity index is 454. The van der Waals surface area contributed by atoms with Crippen molar-refractivity contribution in [2.45, 2.75) is 13.3 Å². The summed E-state index contributed by atoms with van der Waals surface area (Å²) in [5.41, 5.74) is 1.35. The number of halogens is 2. The molecule has 0 aliphatic carbocycles. The first-order chi connectivity index (χ1) is 7.58. The lowest BCUT2D eigenvalue weighted by molar-refractivity contribution is -0.142. The zero-order valence-electron chi connectivity index (χ0n) is 8.59. The second-order valence-electron chi connectivity index (χ2n) is 3.02. The average molecular weight is 394 g/mol. The van der Waals surface area contributed by atoms with Crippen molar-refractivity contribution < 1.29 is 9.53 Å². The molecule has 0 aromatic heterocycles. The van der Waals surface area contributed by atoms with E-state index in [-0.39, 0.29) is 12.4 Å². The Hall–Kier alpha value is -0.610. The third-order valence-electron chi connectivity index (χ3n) is 1.90. The third-order valence-corrected chi connectivity index (χ3v) is 3.56. The molecule has 1 aromatic carbocycles. The molecule has 0 N–H and O–H groups in total. The van der Waals surface area contributed by atoms with Crippen molar-refractivity contribution in [1.29, 1.82) is 5.26 Å². The molecule has 5 heteroatoms. The van der Waals surface area contributed by atoms with E-state index in [0.717, 1.165) is 13.6 Å². The summed E-state index contributed by atoms with van der Waals surface area (Å²) in [7, 11) is 0. The van der Waals surface area contributed by atoms with E-state index in [1.165, 1.54) is 0 Å². The fourth-order valence-corrected chi connectivity index (χ4v) is 2.70. The zero-order chi connectivity index (χ0) is 12.1. The summed E-state index contributed by atoms with van der Waals surface area (Å²) < 4.78 is 6.55. The fraction of sp³-hybridized carbons (Fsp3) is 0.273. The molecule has 16 heavy (non-hydrogen) atoms. The molecule has 84 valence electrons. The Labute approximate surface area is 116 Å². The molecule has 3 nitrogen and oxygen atoms in total. The Kier molecular flexibility index (Phi) is 5.22. The molecule has 0 fully saturated rings. The van der Waals surface area contributed by atoms with Gasteiger partial charge in [0.25, 0.3) is 0 Å². The van der Waals surface area contributed by atoms with Crippen LogP contribution in [0.2, 0.25) is 0 Å². The normalized spacial score (nSPS) is 9.62. The largest absolute Gasteiger partial charge is 0.466 e. The lowest BCUT2D eigenvalue weighted by Gasteiger charge is -2.06. The van der Waals surface area contributed by atoms with Gasteiger partial charge in [-0.25, -0.2) is 0 Å². The number of nitrogens with zero attached hydrogens (tertiary/aromatic N) is 1. The molecule has 0 aliphatic rings. The van der Waals surface area contributed by atoms with Crippen molar-refractivity contribution in [2.24, 2.45) is 0 Å². The number of carbonyl (C=O) groups is 1. The van der Waals surface area contributed by atoms with Crippen LogP contribution in [0.15, 0.2) is 16.6 Å². The highest BCUT2D eigenvalue weighted by molar-refractivity contribution is 14.1. The van der Waals surface area contributed by atoms with Crippen molar-refractivity contribution in [1.82, 2.24) is 0 Å². The van der Waals surface area contributed by atoms with Crippen LogP contribution in [0, 0.1) is 14.9 Å². The third kappa shape index (κ3) is 3.46. The Morgan fingerprint density at radius 1 is 1.62 bits per heavy atom. The van der Waals surface area contributed by atoms with E-state index in [0.29, 0.717) is 12.2 Å². The topological polar surface area (TPSA) is 50.1 Å². The second-order valence-corrected chi connectivity index (χ2v) is 5.03. The van der Waals surface area contributed by atoms with E-state index in [2.05, 4.69) is 44.6 Å². The highest BCUT2D eigenvalue weighted by Crippen LogP contribution is 2.23. The van der Waals surface area contributed by atoms with E-state index in [1.54, 1.807) is 13.0 Å². The van der Waals surface area contributed by atoms with Gasteiger partial charge in [-0.15, -0.1) is 0 Å². The van der Waals surface area contributed by atoms with Crippen molar-refractivity contribution in [3.8, 4) is 6.07 Å². The molecule has 0 spiro atoms. The first kappa shape index (κ1) is 13.5. The highest BCUT2D eigenvalue weighted by Gasteiger charge is 2.10. The summed E-state index contributed by atoms with van der Waals surface area (Å²) in [5.74, 6) is -0.272. The van der Waals surface area contributed by atoms with E-state index < -0.39 is 0 Å². The van der Waals surface area contributed by atoms with Gasteiger partial charge in [-0.3, -0.25) is 4.79 Å². The molecular formula is C11H9BrINO2. The first-order valence-electron chi connectivity index (χ1n) is 4.62. The van der Waals surface area contributed by atoms with Gasteiger partial charge in [0, 0.05) is 8.04 Å². The van der Waals surface area contributed by atoms with Gasteiger partial charge in [0.05, 0.1) is 18.6 Å². The lowest BCUT2D eigenvalue weighted by atomic mass is 10.1. The van der Waals surface area contributed by atoms with Crippen molar-refractivity contribution in [3.05, 3.63) is 31.3 Å². The maximum Gasteiger partial charge on any atom is 0.310 e. The van der Waals surface area contributed by atoms with Gasteiger partial charge in [0.15, 0.2) is 0 Å².